The van der Waals surface area contributed by atoms with Crippen LogP contribution in [0, 0.1) is 17.4 Å². The molecule has 36 heavy (non-hydrogen) atoms. The molecule has 2 aliphatic carbocycles. The van der Waals surface area contributed by atoms with Crippen LogP contribution in [0.25, 0.3) is 17.7 Å². The summed E-state index contributed by atoms with van der Waals surface area (Å²) in [6, 6.07) is 41.6. The first-order chi connectivity index (χ1) is 17.8. The van der Waals surface area contributed by atoms with Gasteiger partial charge in [0.1, 0.15) is 0 Å². The summed E-state index contributed by atoms with van der Waals surface area (Å²) in [6.45, 7) is 2.24. The van der Waals surface area contributed by atoms with Crippen molar-refractivity contribution in [1.82, 2.24) is 0 Å². The zero-order valence-corrected chi connectivity index (χ0v) is 20.2. The molecule has 5 aromatic carbocycles. The summed E-state index contributed by atoms with van der Waals surface area (Å²) in [5.74, 6) is 0.176. The highest BCUT2D eigenvalue weighted by Crippen LogP contribution is 2.39. The molecule has 0 N–H and O–H groups in total. The van der Waals surface area contributed by atoms with Gasteiger partial charge in [0.25, 0.3) is 0 Å². The van der Waals surface area contributed by atoms with Gasteiger partial charge in [0, 0.05) is 5.92 Å². The molecule has 1 unspecified atom stereocenters. The highest BCUT2D eigenvalue weighted by atomic mass is 14.3. The molecule has 0 heteroatoms. The number of hydrogen-bond acceptors (Lipinski definition) is 0. The second-order valence-electron chi connectivity index (χ2n) is 9.64. The van der Waals surface area contributed by atoms with E-state index in [0.717, 1.165) is 0 Å². The van der Waals surface area contributed by atoms with E-state index < -0.39 is 0 Å². The molecule has 2 aliphatic rings. The highest BCUT2D eigenvalue weighted by Gasteiger charge is 2.26. The third-order valence-electron chi connectivity index (χ3n) is 7.56. The van der Waals surface area contributed by atoms with E-state index in [-0.39, 0.29) is 5.92 Å². The van der Waals surface area contributed by atoms with E-state index in [1.807, 2.05) is 0 Å². The average Bonchev–Trinajstić information content (AvgIpc) is 3.52. The molecular formula is C36H25. The number of fused-ring (bicyclic) bond motifs is 3. The molecule has 0 aliphatic heterocycles. The van der Waals surface area contributed by atoms with Crippen LogP contribution in [0.15, 0.2) is 121 Å². The van der Waals surface area contributed by atoms with Crippen molar-refractivity contribution < 1.29 is 0 Å². The molecule has 0 saturated heterocycles. The Hall–Kier alpha value is -4.42. The van der Waals surface area contributed by atoms with Crippen LogP contribution in [0.2, 0.25) is 0 Å². The Morgan fingerprint density at radius 1 is 0.611 bits per heavy atom. The SMILES string of the molecule is Cc1cccc2c1C(c1c3c(ccc1=C(c1ccccc1)c1ccccc1)=c1ccccc1=[C]3)C=C2. The second-order valence-corrected chi connectivity index (χ2v) is 9.64. The molecule has 0 bridgehead atoms. The minimum Gasteiger partial charge on any atom is -0.0720 e. The first-order valence-corrected chi connectivity index (χ1v) is 12.6. The zero-order valence-electron chi connectivity index (χ0n) is 20.2. The Balaban J connectivity index is 1.68. The van der Waals surface area contributed by atoms with Gasteiger partial charge in [0.2, 0.25) is 0 Å². The van der Waals surface area contributed by atoms with Crippen LogP contribution in [-0.4, -0.2) is 0 Å². The van der Waals surface area contributed by atoms with Gasteiger partial charge in [-0.05, 0) is 78.4 Å². The topological polar surface area (TPSA) is 0 Å². The minimum atomic E-state index is 0.176. The van der Waals surface area contributed by atoms with Crippen molar-refractivity contribution >= 4 is 17.7 Å². The Morgan fingerprint density at radius 2 is 1.31 bits per heavy atom. The largest absolute Gasteiger partial charge is 0.0720 e. The van der Waals surface area contributed by atoms with E-state index in [0.29, 0.717) is 0 Å². The molecule has 0 fully saturated rings. The van der Waals surface area contributed by atoms with E-state index >= 15 is 0 Å². The standard InChI is InChI=1S/C36H25/c1-24-11-10-17-27-19-20-31(34(24)27)36-32(22-21-30-29-18-9-8-16-28(29)23-33(30)36)35(25-12-4-2-5-13-25)26-14-6-3-7-15-26/h2-22,31H,1H3. The van der Waals surface area contributed by atoms with E-state index in [2.05, 4.69) is 140 Å². The van der Waals surface area contributed by atoms with Crippen molar-refractivity contribution in [3.63, 3.8) is 0 Å². The van der Waals surface area contributed by atoms with Crippen LogP contribution in [0.4, 0.5) is 0 Å². The van der Waals surface area contributed by atoms with Gasteiger partial charge in [0.15, 0.2) is 0 Å². The third-order valence-corrected chi connectivity index (χ3v) is 7.56. The lowest BCUT2D eigenvalue weighted by molar-refractivity contribution is 1.01. The molecule has 0 nitrogen and oxygen atoms in total. The molecular weight excluding hydrogens is 432 g/mol. The van der Waals surface area contributed by atoms with Gasteiger partial charge in [0.05, 0.1) is 0 Å². The van der Waals surface area contributed by atoms with Gasteiger partial charge in [-0.3, -0.25) is 0 Å². The molecule has 0 spiro atoms. The fraction of sp³-hybridized carbons (Fsp3) is 0.0556. The van der Waals surface area contributed by atoms with Gasteiger partial charge in [-0.2, -0.15) is 0 Å². The number of benzene rings is 5. The number of rotatable bonds is 3. The van der Waals surface area contributed by atoms with E-state index in [9.17, 15) is 0 Å². The maximum atomic E-state index is 3.82. The zero-order chi connectivity index (χ0) is 24.1. The van der Waals surface area contributed by atoms with Crippen molar-refractivity contribution in [2.75, 3.05) is 0 Å². The maximum Gasteiger partial charge on any atom is 0.0293 e. The Morgan fingerprint density at radius 3 is 2.06 bits per heavy atom. The van der Waals surface area contributed by atoms with Crippen LogP contribution in [-0.2, 0) is 0 Å². The summed E-state index contributed by atoms with van der Waals surface area (Å²) >= 11 is 0. The monoisotopic (exact) mass is 457 g/mol. The Kier molecular flexibility index (Phi) is 4.85. The highest BCUT2D eigenvalue weighted by molar-refractivity contribution is 5.82. The number of aryl methyl sites for hydroxylation is 1. The van der Waals surface area contributed by atoms with Crippen LogP contribution in [0.1, 0.15) is 44.9 Å². The molecule has 1 atom stereocenters. The molecule has 0 saturated carbocycles. The quantitative estimate of drug-likeness (QED) is 0.277. The van der Waals surface area contributed by atoms with E-state index in [1.165, 1.54) is 65.4 Å². The van der Waals surface area contributed by atoms with Crippen LogP contribution in [0.3, 0.4) is 0 Å². The average molecular weight is 458 g/mol. The maximum absolute atomic E-state index is 3.82. The molecule has 5 aromatic rings. The Bertz CT molecular complexity index is 1830. The van der Waals surface area contributed by atoms with Crippen molar-refractivity contribution in [2.24, 2.45) is 0 Å². The second kappa shape index (κ2) is 8.36. The van der Waals surface area contributed by atoms with Crippen molar-refractivity contribution in [2.45, 2.75) is 12.8 Å². The summed E-state index contributed by atoms with van der Waals surface area (Å²) in [5.41, 5.74) is 10.4. The van der Waals surface area contributed by atoms with Gasteiger partial charge >= 0.3 is 0 Å². The first kappa shape index (κ1) is 20.9. The lowest BCUT2D eigenvalue weighted by Crippen LogP contribution is -2.20. The molecule has 0 aromatic heterocycles. The van der Waals surface area contributed by atoms with Crippen molar-refractivity contribution in [3.05, 3.63) is 181 Å². The van der Waals surface area contributed by atoms with Crippen LogP contribution >= 0.6 is 0 Å². The predicted molar refractivity (Wildman–Crippen MR) is 149 cm³/mol. The minimum absolute atomic E-state index is 0.176. The van der Waals surface area contributed by atoms with E-state index in [1.54, 1.807) is 0 Å². The van der Waals surface area contributed by atoms with Crippen LogP contribution in [0.5, 0.6) is 0 Å². The van der Waals surface area contributed by atoms with E-state index in [4.69, 9.17) is 0 Å². The summed E-state index contributed by atoms with van der Waals surface area (Å²) < 4.78 is 0. The Labute approximate surface area is 211 Å². The first-order valence-electron chi connectivity index (χ1n) is 12.6. The molecule has 169 valence electrons. The summed E-state index contributed by atoms with van der Waals surface area (Å²) in [6.07, 6.45) is 8.50. The summed E-state index contributed by atoms with van der Waals surface area (Å²) in [5, 5.41) is 5.00. The van der Waals surface area contributed by atoms with Gasteiger partial charge in [-0.25, -0.2) is 0 Å². The third kappa shape index (κ3) is 3.22. The fourth-order valence-electron chi connectivity index (χ4n) is 5.98. The lowest BCUT2D eigenvalue weighted by Gasteiger charge is -2.20. The molecule has 1 radical (unpaired) electrons. The smallest absolute Gasteiger partial charge is 0.0293 e. The molecule has 0 amide bonds. The predicted octanol–water partition coefficient (Wildman–Crippen LogP) is 6.71. The van der Waals surface area contributed by atoms with Gasteiger partial charge in [-0.15, -0.1) is 0 Å². The van der Waals surface area contributed by atoms with Crippen LogP contribution < -0.4 is 10.4 Å². The fourth-order valence-corrected chi connectivity index (χ4v) is 5.98. The summed E-state index contributed by atoms with van der Waals surface area (Å²) in [4.78, 5) is 0. The summed E-state index contributed by atoms with van der Waals surface area (Å²) in [7, 11) is 0. The number of hydrogen-bond donors (Lipinski definition) is 0. The van der Waals surface area contributed by atoms with Gasteiger partial charge < -0.3 is 0 Å². The van der Waals surface area contributed by atoms with Crippen molar-refractivity contribution in [1.29, 1.82) is 0 Å². The molecule has 7 rings (SSSR count). The van der Waals surface area contributed by atoms with Gasteiger partial charge in [-0.1, -0.05) is 127 Å². The number of allylic oxidation sites excluding steroid dienone is 1. The van der Waals surface area contributed by atoms with Crippen molar-refractivity contribution in [3.8, 4) is 0 Å². The normalized spacial score (nSPS) is 14.6. The lowest BCUT2D eigenvalue weighted by atomic mass is 9.83. The molecule has 0 heterocycles.